The maximum absolute atomic E-state index is 5.67. The zero-order chi connectivity index (χ0) is 10.7. The number of nitrogens with zero attached hydrogens (tertiary/aromatic N) is 2. The summed E-state index contributed by atoms with van der Waals surface area (Å²) in [6.07, 6.45) is 0. The van der Waals surface area contributed by atoms with E-state index in [1.54, 1.807) is 12.1 Å². The van der Waals surface area contributed by atoms with Gasteiger partial charge in [0.15, 0.2) is 6.61 Å². The van der Waals surface area contributed by atoms with Crippen LogP contribution in [-0.2, 0) is 6.61 Å². The number of hydrogen-bond donors (Lipinski definition) is 2. The molecule has 2 rings (SSSR count). The van der Waals surface area contributed by atoms with Crippen LogP contribution in [0, 0.1) is 0 Å². The number of ether oxygens (including phenoxy) is 1. The van der Waals surface area contributed by atoms with E-state index >= 15 is 0 Å². The fraction of sp³-hybridized carbons (Fsp3) is 0.111. The Kier molecular flexibility index (Phi) is 2.40. The van der Waals surface area contributed by atoms with Gasteiger partial charge in [-0.1, -0.05) is 17.2 Å². The topological polar surface area (TPSA) is 100 Å². The number of aromatic nitrogens is 2. The Morgan fingerprint density at radius 1 is 1.20 bits per heavy atom. The van der Waals surface area contributed by atoms with E-state index in [9.17, 15) is 0 Å². The first-order valence-electron chi connectivity index (χ1n) is 4.31. The summed E-state index contributed by atoms with van der Waals surface area (Å²) in [4.78, 5) is 0. The number of para-hydroxylation sites is 2. The van der Waals surface area contributed by atoms with Crippen molar-refractivity contribution in [2.24, 2.45) is 0 Å². The van der Waals surface area contributed by atoms with Gasteiger partial charge in [0, 0.05) is 0 Å². The molecule has 78 valence electrons. The smallest absolute Gasteiger partial charge is 0.312 e. The van der Waals surface area contributed by atoms with Crippen LogP contribution in [0.4, 0.5) is 11.7 Å². The minimum atomic E-state index is 0.0228. The van der Waals surface area contributed by atoms with Crippen LogP contribution >= 0.6 is 0 Å². The van der Waals surface area contributed by atoms with E-state index in [1.807, 2.05) is 12.1 Å². The average Bonchev–Trinajstić information content (AvgIpc) is 2.63. The largest absolute Gasteiger partial charge is 0.482 e. The summed E-state index contributed by atoms with van der Waals surface area (Å²) in [7, 11) is 0. The monoisotopic (exact) mass is 206 g/mol. The summed E-state index contributed by atoms with van der Waals surface area (Å²) in [6, 6.07) is 7.18. The molecule has 0 saturated carbocycles. The van der Waals surface area contributed by atoms with Crippen LogP contribution < -0.4 is 16.2 Å². The molecule has 0 aliphatic heterocycles. The molecule has 0 aliphatic rings. The molecule has 0 spiro atoms. The van der Waals surface area contributed by atoms with Crippen LogP contribution in [0.2, 0.25) is 0 Å². The third-order valence-electron chi connectivity index (χ3n) is 1.75. The van der Waals surface area contributed by atoms with Crippen molar-refractivity contribution in [2.45, 2.75) is 6.61 Å². The van der Waals surface area contributed by atoms with E-state index in [0.717, 1.165) is 0 Å². The molecule has 4 N–H and O–H groups in total. The van der Waals surface area contributed by atoms with Gasteiger partial charge in [0.2, 0.25) is 0 Å². The summed E-state index contributed by atoms with van der Waals surface area (Å²) in [5.41, 5.74) is 11.5. The first-order chi connectivity index (χ1) is 7.25. The molecule has 2 aromatic rings. The van der Waals surface area contributed by atoms with Gasteiger partial charge in [-0.05, 0) is 12.1 Å². The summed E-state index contributed by atoms with van der Waals surface area (Å²) in [5, 5.41) is 7.15. The molecule has 0 saturated heterocycles. The zero-order valence-electron chi connectivity index (χ0n) is 7.88. The first kappa shape index (κ1) is 9.32. The quantitative estimate of drug-likeness (QED) is 0.721. The lowest BCUT2D eigenvalue weighted by molar-refractivity contribution is 0.266. The van der Waals surface area contributed by atoms with Crippen molar-refractivity contribution in [3.63, 3.8) is 0 Å². The number of rotatable bonds is 3. The average molecular weight is 206 g/mol. The van der Waals surface area contributed by atoms with Crippen molar-refractivity contribution in [1.29, 1.82) is 0 Å². The highest BCUT2D eigenvalue weighted by atomic mass is 16.5. The molecule has 1 aromatic heterocycles. The highest BCUT2D eigenvalue weighted by molar-refractivity contribution is 5.51. The molecular formula is C9H10N4O2. The summed E-state index contributed by atoms with van der Waals surface area (Å²) in [6.45, 7) is 0.151. The van der Waals surface area contributed by atoms with E-state index in [4.69, 9.17) is 20.6 Å². The second kappa shape index (κ2) is 3.87. The predicted molar refractivity (Wildman–Crippen MR) is 53.9 cm³/mol. The predicted octanol–water partition coefficient (Wildman–Crippen LogP) is 0.813. The Hall–Kier alpha value is -2.24. The lowest BCUT2D eigenvalue weighted by atomic mass is 10.3. The van der Waals surface area contributed by atoms with E-state index in [0.29, 0.717) is 17.3 Å². The van der Waals surface area contributed by atoms with Crippen molar-refractivity contribution >= 4 is 11.7 Å². The van der Waals surface area contributed by atoms with Crippen LogP contribution in [0.15, 0.2) is 28.7 Å². The number of anilines is 2. The van der Waals surface area contributed by atoms with Gasteiger partial charge < -0.3 is 20.6 Å². The molecule has 0 unspecified atom stereocenters. The van der Waals surface area contributed by atoms with Gasteiger partial charge in [-0.2, -0.15) is 0 Å². The molecule has 6 nitrogen and oxygen atoms in total. The van der Waals surface area contributed by atoms with E-state index in [2.05, 4.69) is 10.2 Å². The number of nitrogen functional groups attached to an aromatic ring is 2. The maximum Gasteiger partial charge on any atom is 0.312 e. The van der Waals surface area contributed by atoms with Crippen LogP contribution in [0.3, 0.4) is 0 Å². The van der Waals surface area contributed by atoms with E-state index in [1.165, 1.54) is 0 Å². The molecule has 15 heavy (non-hydrogen) atoms. The molecule has 6 heteroatoms. The third-order valence-corrected chi connectivity index (χ3v) is 1.75. The van der Waals surface area contributed by atoms with Crippen molar-refractivity contribution in [3.8, 4) is 5.75 Å². The third kappa shape index (κ3) is 2.16. The molecule has 0 atom stereocenters. The van der Waals surface area contributed by atoms with Crippen LogP contribution in [0.5, 0.6) is 5.75 Å². The van der Waals surface area contributed by atoms with Gasteiger partial charge in [-0.25, -0.2) is 0 Å². The molecule has 0 fully saturated rings. The van der Waals surface area contributed by atoms with E-state index < -0.39 is 0 Å². The van der Waals surface area contributed by atoms with Gasteiger partial charge in [0.25, 0.3) is 5.89 Å². The zero-order valence-corrected chi connectivity index (χ0v) is 7.88. The SMILES string of the molecule is Nc1nnc(COc2ccccc2N)o1. The Bertz CT molecular complexity index is 455. The number of nitrogens with two attached hydrogens (primary N) is 2. The maximum atomic E-state index is 5.67. The van der Waals surface area contributed by atoms with Crippen molar-refractivity contribution in [2.75, 3.05) is 11.5 Å². The summed E-state index contributed by atoms with van der Waals surface area (Å²) in [5.74, 6) is 0.894. The van der Waals surface area contributed by atoms with Crippen molar-refractivity contribution in [3.05, 3.63) is 30.2 Å². The fourth-order valence-corrected chi connectivity index (χ4v) is 1.08. The normalized spacial score (nSPS) is 10.1. The minimum Gasteiger partial charge on any atom is -0.482 e. The second-order valence-electron chi connectivity index (χ2n) is 2.86. The van der Waals surface area contributed by atoms with Gasteiger partial charge in [-0.15, -0.1) is 5.10 Å². The molecule has 0 aliphatic carbocycles. The lowest BCUT2D eigenvalue weighted by Gasteiger charge is -2.05. The molecule has 0 bridgehead atoms. The molecule has 0 amide bonds. The highest BCUT2D eigenvalue weighted by Gasteiger charge is 2.04. The van der Waals surface area contributed by atoms with Crippen LogP contribution in [0.1, 0.15) is 5.89 Å². The van der Waals surface area contributed by atoms with Crippen molar-refractivity contribution in [1.82, 2.24) is 10.2 Å². The van der Waals surface area contributed by atoms with Crippen LogP contribution in [0.25, 0.3) is 0 Å². The van der Waals surface area contributed by atoms with Gasteiger partial charge in [0.05, 0.1) is 5.69 Å². The Balaban J connectivity index is 2.02. The highest BCUT2D eigenvalue weighted by Crippen LogP contribution is 2.20. The molecule has 1 aromatic carbocycles. The number of hydrogen-bond acceptors (Lipinski definition) is 6. The number of benzene rings is 1. The minimum absolute atomic E-state index is 0.0228. The first-order valence-corrected chi connectivity index (χ1v) is 4.31. The van der Waals surface area contributed by atoms with Crippen LogP contribution in [-0.4, -0.2) is 10.2 Å². The van der Waals surface area contributed by atoms with Gasteiger partial charge in [0.1, 0.15) is 5.75 Å². The Morgan fingerprint density at radius 3 is 2.67 bits per heavy atom. The summed E-state index contributed by atoms with van der Waals surface area (Å²) >= 11 is 0. The van der Waals surface area contributed by atoms with Gasteiger partial charge in [-0.3, -0.25) is 0 Å². The Morgan fingerprint density at radius 2 is 2.00 bits per heavy atom. The molecule has 1 heterocycles. The standard InChI is InChI=1S/C9H10N4O2/c10-6-3-1-2-4-7(6)14-5-8-12-13-9(11)15-8/h1-4H,5,10H2,(H2,11,13). The van der Waals surface area contributed by atoms with Crippen molar-refractivity contribution < 1.29 is 9.15 Å². The Labute approximate surface area is 85.8 Å². The molecular weight excluding hydrogens is 196 g/mol. The van der Waals surface area contributed by atoms with E-state index in [-0.39, 0.29) is 12.6 Å². The second-order valence-corrected chi connectivity index (χ2v) is 2.86. The van der Waals surface area contributed by atoms with Gasteiger partial charge >= 0.3 is 6.01 Å². The fourth-order valence-electron chi connectivity index (χ4n) is 1.08. The lowest BCUT2D eigenvalue weighted by Crippen LogP contribution is -1.98. The molecule has 0 radical (unpaired) electrons. The summed E-state index contributed by atoms with van der Waals surface area (Å²) < 4.78 is 10.3.